The number of amides is 2. The largest absolute Gasteiger partial charge is 0.492 e. The van der Waals surface area contributed by atoms with Crippen LogP contribution in [-0.4, -0.2) is 40.2 Å². The second-order valence-electron chi connectivity index (χ2n) is 7.56. The standard InChI is InChI=1S/C22H23FN6O3/c1-12(2)21(30)27-16-11-24-8-7-13(16)17-18(19-22(31)25-9-10-29(19)28-17)26-15-6-4-5-14(23)20(15)32-3/h4-8,11-12,26H,9-10H2,1-3H3,(H,25,31)(H,27,30). The average Bonchev–Trinajstić information content (AvgIpc) is 3.13. The molecule has 1 aliphatic rings. The summed E-state index contributed by atoms with van der Waals surface area (Å²) in [4.78, 5) is 29.2. The number of nitrogens with zero attached hydrogens (tertiary/aromatic N) is 3. The van der Waals surface area contributed by atoms with Crippen molar-refractivity contribution in [1.29, 1.82) is 0 Å². The van der Waals surface area contributed by atoms with E-state index < -0.39 is 5.82 Å². The van der Waals surface area contributed by atoms with Gasteiger partial charge in [-0.15, -0.1) is 0 Å². The minimum Gasteiger partial charge on any atom is -0.492 e. The first-order valence-corrected chi connectivity index (χ1v) is 10.1. The summed E-state index contributed by atoms with van der Waals surface area (Å²) in [6.45, 7) is 4.47. The number of ether oxygens (including phenoxy) is 1. The van der Waals surface area contributed by atoms with E-state index in [9.17, 15) is 14.0 Å². The molecule has 166 valence electrons. The molecule has 10 heteroatoms. The fraction of sp³-hybridized carbons (Fsp3) is 0.273. The molecule has 2 aromatic heterocycles. The fourth-order valence-corrected chi connectivity index (χ4v) is 3.45. The number of hydrogen-bond acceptors (Lipinski definition) is 6. The van der Waals surface area contributed by atoms with Crippen LogP contribution < -0.4 is 20.7 Å². The first-order chi connectivity index (χ1) is 15.4. The van der Waals surface area contributed by atoms with E-state index in [1.54, 1.807) is 36.9 Å². The molecule has 3 N–H and O–H groups in total. The van der Waals surface area contributed by atoms with Crippen LogP contribution in [0.3, 0.4) is 0 Å². The van der Waals surface area contributed by atoms with Crippen molar-refractivity contribution >= 4 is 28.9 Å². The van der Waals surface area contributed by atoms with Crippen LogP contribution >= 0.6 is 0 Å². The van der Waals surface area contributed by atoms with Crippen LogP contribution in [0.2, 0.25) is 0 Å². The summed E-state index contributed by atoms with van der Waals surface area (Å²) < 4.78 is 21.1. The Morgan fingerprint density at radius 3 is 2.84 bits per heavy atom. The number of pyridine rings is 1. The number of methoxy groups -OCH3 is 1. The van der Waals surface area contributed by atoms with Gasteiger partial charge in [0.2, 0.25) is 5.91 Å². The van der Waals surface area contributed by atoms with E-state index in [4.69, 9.17) is 4.74 Å². The summed E-state index contributed by atoms with van der Waals surface area (Å²) >= 11 is 0. The summed E-state index contributed by atoms with van der Waals surface area (Å²) in [5.41, 5.74) is 2.46. The fourth-order valence-electron chi connectivity index (χ4n) is 3.45. The molecule has 0 radical (unpaired) electrons. The van der Waals surface area contributed by atoms with Gasteiger partial charge in [-0.25, -0.2) is 4.39 Å². The Morgan fingerprint density at radius 1 is 1.28 bits per heavy atom. The van der Waals surface area contributed by atoms with Gasteiger partial charge in [0.1, 0.15) is 11.4 Å². The molecule has 4 rings (SSSR count). The second-order valence-corrected chi connectivity index (χ2v) is 7.56. The van der Waals surface area contributed by atoms with E-state index in [0.717, 1.165) is 0 Å². The normalized spacial score (nSPS) is 12.8. The SMILES string of the molecule is COc1c(F)cccc1Nc1c(-c2ccncc2NC(=O)C(C)C)nn2c1C(=O)NCC2. The van der Waals surface area contributed by atoms with Crippen molar-refractivity contribution in [3.63, 3.8) is 0 Å². The maximum atomic E-state index is 14.3. The van der Waals surface area contributed by atoms with Gasteiger partial charge in [0.05, 0.1) is 36.9 Å². The second kappa shape index (κ2) is 8.66. The monoisotopic (exact) mass is 438 g/mol. The highest BCUT2D eigenvalue weighted by molar-refractivity contribution is 6.05. The van der Waals surface area contributed by atoms with Gasteiger partial charge < -0.3 is 20.7 Å². The molecule has 0 fully saturated rings. The molecule has 9 nitrogen and oxygen atoms in total. The predicted molar refractivity (Wildman–Crippen MR) is 117 cm³/mol. The Hall–Kier alpha value is -3.95. The minimum absolute atomic E-state index is 0.0117. The van der Waals surface area contributed by atoms with E-state index in [1.165, 1.54) is 25.4 Å². The van der Waals surface area contributed by atoms with Gasteiger partial charge in [-0.2, -0.15) is 5.10 Å². The highest BCUT2D eigenvalue weighted by Gasteiger charge is 2.29. The molecule has 0 aliphatic carbocycles. The quantitative estimate of drug-likeness (QED) is 0.545. The van der Waals surface area contributed by atoms with Crippen LogP contribution in [0.4, 0.5) is 21.5 Å². The van der Waals surface area contributed by atoms with Crippen molar-refractivity contribution in [2.45, 2.75) is 20.4 Å². The van der Waals surface area contributed by atoms with E-state index in [1.807, 2.05) is 0 Å². The number of carbonyl (C=O) groups is 2. The number of benzene rings is 1. The molecule has 0 saturated heterocycles. The molecule has 3 heterocycles. The van der Waals surface area contributed by atoms with Crippen LogP contribution in [0.25, 0.3) is 11.3 Å². The molecular weight excluding hydrogens is 415 g/mol. The van der Waals surface area contributed by atoms with Gasteiger partial charge in [0, 0.05) is 24.2 Å². The zero-order valence-corrected chi connectivity index (χ0v) is 17.9. The van der Waals surface area contributed by atoms with Gasteiger partial charge >= 0.3 is 0 Å². The van der Waals surface area contributed by atoms with Crippen LogP contribution in [0.5, 0.6) is 5.75 Å². The van der Waals surface area contributed by atoms with Gasteiger partial charge in [0.15, 0.2) is 11.6 Å². The summed E-state index contributed by atoms with van der Waals surface area (Å²) in [5, 5.41) is 13.4. The minimum atomic E-state index is -0.543. The van der Waals surface area contributed by atoms with Gasteiger partial charge in [0.25, 0.3) is 5.91 Å². The summed E-state index contributed by atoms with van der Waals surface area (Å²) in [6, 6.07) is 6.17. The van der Waals surface area contributed by atoms with Crippen molar-refractivity contribution in [3.8, 4) is 17.0 Å². The molecule has 0 atom stereocenters. The molecule has 3 aromatic rings. The topological polar surface area (TPSA) is 110 Å². The number of nitrogens with one attached hydrogen (secondary N) is 3. The summed E-state index contributed by atoms with van der Waals surface area (Å²) in [5.74, 6) is -1.26. The van der Waals surface area contributed by atoms with E-state index >= 15 is 0 Å². The number of anilines is 3. The molecule has 0 saturated carbocycles. The maximum Gasteiger partial charge on any atom is 0.271 e. The molecule has 1 aromatic carbocycles. The third-order valence-electron chi connectivity index (χ3n) is 5.07. The van der Waals surface area contributed by atoms with Crippen molar-refractivity contribution in [3.05, 3.63) is 48.2 Å². The maximum absolute atomic E-state index is 14.3. The Kier molecular flexibility index (Phi) is 5.76. The smallest absolute Gasteiger partial charge is 0.271 e. The number of hydrogen-bond donors (Lipinski definition) is 3. The number of para-hydroxylation sites is 1. The third-order valence-corrected chi connectivity index (χ3v) is 5.07. The molecule has 0 bridgehead atoms. The highest BCUT2D eigenvalue weighted by Crippen LogP contribution is 2.39. The number of halogens is 1. The Labute approximate surface area is 184 Å². The van der Waals surface area contributed by atoms with E-state index in [2.05, 4.69) is 26.0 Å². The average molecular weight is 438 g/mol. The van der Waals surface area contributed by atoms with Crippen LogP contribution in [-0.2, 0) is 11.3 Å². The first kappa shape index (κ1) is 21.3. The molecule has 1 aliphatic heterocycles. The highest BCUT2D eigenvalue weighted by atomic mass is 19.1. The zero-order valence-electron chi connectivity index (χ0n) is 17.9. The van der Waals surface area contributed by atoms with Crippen molar-refractivity contribution in [2.75, 3.05) is 24.3 Å². The van der Waals surface area contributed by atoms with Crippen molar-refractivity contribution < 1.29 is 18.7 Å². The Bertz CT molecular complexity index is 1190. The lowest BCUT2D eigenvalue weighted by Crippen LogP contribution is -2.35. The number of carbonyl (C=O) groups excluding carboxylic acids is 2. The molecule has 0 unspecified atom stereocenters. The predicted octanol–water partition coefficient (Wildman–Crippen LogP) is 3.17. The lowest BCUT2D eigenvalue weighted by Gasteiger charge is -2.17. The molecular formula is C22H23FN6O3. The van der Waals surface area contributed by atoms with Gasteiger partial charge in [-0.05, 0) is 18.2 Å². The number of aromatic nitrogens is 3. The van der Waals surface area contributed by atoms with E-state index in [0.29, 0.717) is 47.1 Å². The molecule has 2 amide bonds. The molecule has 0 spiro atoms. The van der Waals surface area contributed by atoms with E-state index in [-0.39, 0.29) is 23.5 Å². The number of rotatable bonds is 6. The third kappa shape index (κ3) is 3.86. The van der Waals surface area contributed by atoms with Gasteiger partial charge in [-0.3, -0.25) is 19.3 Å². The number of fused-ring (bicyclic) bond motifs is 1. The molecule has 32 heavy (non-hydrogen) atoms. The summed E-state index contributed by atoms with van der Waals surface area (Å²) in [7, 11) is 1.37. The lowest BCUT2D eigenvalue weighted by atomic mass is 10.1. The van der Waals surface area contributed by atoms with Gasteiger partial charge in [-0.1, -0.05) is 19.9 Å². The van der Waals surface area contributed by atoms with Crippen LogP contribution in [0, 0.1) is 11.7 Å². The first-order valence-electron chi connectivity index (χ1n) is 10.1. The zero-order chi connectivity index (χ0) is 22.8. The summed E-state index contributed by atoms with van der Waals surface area (Å²) in [6.07, 6.45) is 3.10. The van der Waals surface area contributed by atoms with Crippen LogP contribution in [0.1, 0.15) is 24.3 Å². The van der Waals surface area contributed by atoms with Crippen LogP contribution in [0.15, 0.2) is 36.7 Å². The lowest BCUT2D eigenvalue weighted by molar-refractivity contribution is -0.118. The van der Waals surface area contributed by atoms with Crippen molar-refractivity contribution in [2.24, 2.45) is 5.92 Å². The Morgan fingerprint density at radius 2 is 2.09 bits per heavy atom. The Balaban J connectivity index is 1.88. The van der Waals surface area contributed by atoms with Crippen molar-refractivity contribution in [1.82, 2.24) is 20.1 Å².